The first-order valence-corrected chi connectivity index (χ1v) is 8.92. The molecule has 0 bridgehead atoms. The Bertz CT molecular complexity index is 994. The molecule has 25 heavy (non-hydrogen) atoms. The molecular formula is C17H14ClN3O3S. The summed E-state index contributed by atoms with van der Waals surface area (Å²) in [4.78, 5) is 26.1. The van der Waals surface area contributed by atoms with Gasteiger partial charge in [-0.05, 0) is 40.6 Å². The first-order chi connectivity index (χ1) is 12.1. The molecule has 1 aromatic carbocycles. The van der Waals surface area contributed by atoms with E-state index in [0.29, 0.717) is 30.4 Å². The minimum Gasteiger partial charge on any atom is -0.341 e. The molecule has 128 valence electrons. The van der Waals surface area contributed by atoms with Crippen molar-refractivity contribution in [1.82, 2.24) is 14.9 Å². The largest absolute Gasteiger partial charge is 0.341 e. The Morgan fingerprint density at radius 3 is 2.96 bits per heavy atom. The Labute approximate surface area is 152 Å². The van der Waals surface area contributed by atoms with Crippen molar-refractivity contribution in [3.05, 3.63) is 57.7 Å². The number of amides is 2. The summed E-state index contributed by atoms with van der Waals surface area (Å²) in [6.07, 6.45) is 1.58. The van der Waals surface area contributed by atoms with Gasteiger partial charge in [0.15, 0.2) is 0 Å². The number of hydroxylamine groups is 1. The molecule has 0 saturated heterocycles. The normalized spacial score (nSPS) is 14.0. The molecule has 0 radical (unpaired) electrons. The minimum absolute atomic E-state index is 0.135. The highest BCUT2D eigenvalue weighted by Crippen LogP contribution is 2.30. The van der Waals surface area contributed by atoms with Crippen LogP contribution in [0.2, 0.25) is 5.02 Å². The molecule has 1 aliphatic heterocycles. The molecule has 3 heterocycles. The van der Waals surface area contributed by atoms with E-state index in [1.807, 2.05) is 23.6 Å². The fourth-order valence-electron chi connectivity index (χ4n) is 3.09. The van der Waals surface area contributed by atoms with Crippen LogP contribution in [-0.2, 0) is 13.1 Å². The molecule has 4 rings (SSSR count). The van der Waals surface area contributed by atoms with Gasteiger partial charge in [0.05, 0.1) is 5.56 Å². The van der Waals surface area contributed by atoms with Crippen LogP contribution in [0.3, 0.4) is 0 Å². The van der Waals surface area contributed by atoms with Crippen LogP contribution in [0.1, 0.15) is 26.4 Å². The van der Waals surface area contributed by atoms with E-state index in [9.17, 15) is 9.59 Å². The van der Waals surface area contributed by atoms with Crippen molar-refractivity contribution in [2.75, 3.05) is 6.54 Å². The molecular weight excluding hydrogens is 362 g/mol. The zero-order valence-electron chi connectivity index (χ0n) is 13.0. The third-order valence-corrected chi connectivity index (χ3v) is 5.60. The average Bonchev–Trinajstić information content (AvgIpc) is 3.21. The number of rotatable bonds is 3. The van der Waals surface area contributed by atoms with Gasteiger partial charge in [-0.1, -0.05) is 11.6 Å². The molecule has 3 aromatic rings. The summed E-state index contributed by atoms with van der Waals surface area (Å²) in [5.74, 6) is -0.760. The van der Waals surface area contributed by atoms with Crippen LogP contribution in [0.5, 0.6) is 0 Å². The summed E-state index contributed by atoms with van der Waals surface area (Å²) in [5.41, 5.74) is 3.36. The molecule has 0 spiro atoms. The van der Waals surface area contributed by atoms with Crippen LogP contribution in [0.25, 0.3) is 10.1 Å². The van der Waals surface area contributed by atoms with E-state index in [4.69, 9.17) is 16.8 Å². The number of aromatic nitrogens is 1. The number of carbonyl (C=O) groups is 2. The van der Waals surface area contributed by atoms with Crippen molar-refractivity contribution in [2.24, 2.45) is 0 Å². The molecule has 1 aliphatic rings. The molecule has 0 unspecified atom stereocenters. The highest BCUT2D eigenvalue weighted by molar-refractivity contribution is 7.17. The number of nitrogens with one attached hydrogen (secondary N) is 1. The van der Waals surface area contributed by atoms with Gasteiger partial charge in [-0.2, -0.15) is 0 Å². The predicted molar refractivity (Wildman–Crippen MR) is 95.3 cm³/mol. The van der Waals surface area contributed by atoms with Crippen molar-refractivity contribution in [2.45, 2.75) is 13.1 Å². The standard InChI is InChI=1S/C17H14ClN3O3S/c18-12-1-2-15-13(6-12)11(9-25-15)8-21-4-3-20-7-10(16(22)19-24)5-14(20)17(21)23/h1-2,5-7,9,24H,3-4,8H2,(H,19,22). The Hall–Kier alpha value is -2.35. The number of fused-ring (bicyclic) bond motifs is 2. The van der Waals surface area contributed by atoms with E-state index in [1.165, 1.54) is 6.07 Å². The number of thiophene rings is 1. The monoisotopic (exact) mass is 375 g/mol. The molecule has 2 aromatic heterocycles. The maximum Gasteiger partial charge on any atom is 0.276 e. The van der Waals surface area contributed by atoms with Gasteiger partial charge in [-0.25, -0.2) is 5.48 Å². The summed E-state index contributed by atoms with van der Waals surface area (Å²) in [6.45, 7) is 1.65. The Morgan fingerprint density at radius 2 is 2.16 bits per heavy atom. The first-order valence-electron chi connectivity index (χ1n) is 7.66. The molecule has 8 heteroatoms. The lowest BCUT2D eigenvalue weighted by molar-refractivity contribution is 0.0690. The second kappa shape index (κ2) is 6.18. The number of carbonyl (C=O) groups excluding carboxylic acids is 2. The molecule has 0 aliphatic carbocycles. The summed E-state index contributed by atoms with van der Waals surface area (Å²) >= 11 is 7.72. The molecule has 0 fully saturated rings. The number of hydrogen-bond acceptors (Lipinski definition) is 4. The zero-order chi connectivity index (χ0) is 17.6. The maximum atomic E-state index is 12.8. The van der Waals surface area contributed by atoms with Gasteiger partial charge in [0.1, 0.15) is 5.69 Å². The van der Waals surface area contributed by atoms with Crippen LogP contribution in [0.15, 0.2) is 35.8 Å². The highest BCUT2D eigenvalue weighted by Gasteiger charge is 2.27. The van der Waals surface area contributed by atoms with Crippen molar-refractivity contribution in [1.29, 1.82) is 0 Å². The fourth-order valence-corrected chi connectivity index (χ4v) is 4.19. The van der Waals surface area contributed by atoms with E-state index >= 15 is 0 Å². The number of halogens is 1. The SMILES string of the molecule is O=C(NO)c1cc2n(c1)CCN(Cc1csc3ccc(Cl)cc13)C2=O. The quantitative estimate of drug-likeness (QED) is 0.545. The highest BCUT2D eigenvalue weighted by atomic mass is 35.5. The van der Waals surface area contributed by atoms with E-state index in [1.54, 1.807) is 32.5 Å². The van der Waals surface area contributed by atoms with E-state index in [-0.39, 0.29) is 11.5 Å². The van der Waals surface area contributed by atoms with Crippen LogP contribution >= 0.6 is 22.9 Å². The zero-order valence-corrected chi connectivity index (χ0v) is 14.6. The van der Waals surface area contributed by atoms with E-state index in [2.05, 4.69) is 0 Å². The lowest BCUT2D eigenvalue weighted by Gasteiger charge is -2.28. The van der Waals surface area contributed by atoms with Gasteiger partial charge >= 0.3 is 0 Å². The Morgan fingerprint density at radius 1 is 1.32 bits per heavy atom. The first kappa shape index (κ1) is 16.1. The predicted octanol–water partition coefficient (Wildman–Crippen LogP) is 3.13. The van der Waals surface area contributed by atoms with Gasteiger partial charge in [0.25, 0.3) is 11.8 Å². The molecule has 6 nitrogen and oxygen atoms in total. The third-order valence-electron chi connectivity index (χ3n) is 4.35. The van der Waals surface area contributed by atoms with Crippen molar-refractivity contribution in [3.63, 3.8) is 0 Å². The lowest BCUT2D eigenvalue weighted by Crippen LogP contribution is -2.39. The number of benzene rings is 1. The Balaban J connectivity index is 1.62. The molecule has 0 atom stereocenters. The van der Waals surface area contributed by atoms with Crippen molar-refractivity contribution in [3.8, 4) is 0 Å². The fraction of sp³-hybridized carbons (Fsp3) is 0.176. The van der Waals surface area contributed by atoms with Crippen LogP contribution in [0.4, 0.5) is 0 Å². The molecule has 2 N–H and O–H groups in total. The summed E-state index contributed by atoms with van der Waals surface area (Å²) in [6, 6.07) is 7.26. The topological polar surface area (TPSA) is 74.6 Å². The summed E-state index contributed by atoms with van der Waals surface area (Å²) in [5, 5.41) is 12.5. The summed E-state index contributed by atoms with van der Waals surface area (Å²) in [7, 11) is 0. The average molecular weight is 376 g/mol. The maximum absolute atomic E-state index is 12.8. The lowest BCUT2D eigenvalue weighted by atomic mass is 10.1. The summed E-state index contributed by atoms with van der Waals surface area (Å²) < 4.78 is 2.88. The van der Waals surface area contributed by atoms with Crippen LogP contribution in [-0.4, -0.2) is 33.0 Å². The van der Waals surface area contributed by atoms with Gasteiger partial charge in [0.2, 0.25) is 0 Å². The van der Waals surface area contributed by atoms with Crippen molar-refractivity contribution >= 4 is 44.8 Å². The van der Waals surface area contributed by atoms with Gasteiger partial charge in [0, 0.05) is 35.6 Å². The Kier molecular flexibility index (Phi) is 3.99. The van der Waals surface area contributed by atoms with Crippen molar-refractivity contribution < 1.29 is 14.8 Å². The van der Waals surface area contributed by atoms with Gasteiger partial charge in [-0.15, -0.1) is 11.3 Å². The third kappa shape index (κ3) is 2.80. The van der Waals surface area contributed by atoms with E-state index < -0.39 is 5.91 Å². The van der Waals surface area contributed by atoms with E-state index in [0.717, 1.165) is 15.6 Å². The smallest absolute Gasteiger partial charge is 0.276 e. The molecule has 2 amide bonds. The second-order valence-electron chi connectivity index (χ2n) is 5.88. The number of hydrogen-bond donors (Lipinski definition) is 2. The van der Waals surface area contributed by atoms with Gasteiger partial charge < -0.3 is 9.47 Å². The molecule has 0 saturated carbocycles. The van der Waals surface area contributed by atoms with Gasteiger partial charge in [-0.3, -0.25) is 14.8 Å². The van der Waals surface area contributed by atoms with Crippen LogP contribution in [0, 0.1) is 0 Å². The minimum atomic E-state index is -0.625. The number of nitrogens with zero attached hydrogens (tertiary/aromatic N) is 2. The second-order valence-corrected chi connectivity index (χ2v) is 7.22. The van der Waals surface area contributed by atoms with Crippen LogP contribution < -0.4 is 5.48 Å².